The third-order valence-electron chi connectivity index (χ3n) is 10.2. The molecule has 13 heteroatoms. The Bertz CT molecular complexity index is 1480. The van der Waals surface area contributed by atoms with Gasteiger partial charge in [-0.05, 0) is 50.3 Å². The number of nitrogens with zero attached hydrogens (tertiary/aromatic N) is 5. The third kappa shape index (κ3) is 4.95. The standard InChI is InChI=1S/C31H36F4N6O3/c32-19-13-29(6-1-9-41(29)16-19)18-43-28-38-25-14-30(44-17-22(25)27(39-28)40-8-2-11-42-12-10-40)7-5-23(31(33,34)35)20-3-4-24(37)21(15-36)26(20)30/h3-4,19,23H,1-2,5-14,16-18,37H2/t19-,23?,29?,30+/m1/s1. The van der Waals surface area contributed by atoms with E-state index in [1.54, 1.807) is 0 Å². The molecule has 1 aromatic carbocycles. The van der Waals surface area contributed by atoms with Gasteiger partial charge in [0.1, 0.15) is 30.3 Å². The summed E-state index contributed by atoms with van der Waals surface area (Å²) < 4.78 is 75.5. The number of benzene rings is 1. The van der Waals surface area contributed by atoms with Crippen LogP contribution in [0.1, 0.15) is 72.4 Å². The summed E-state index contributed by atoms with van der Waals surface area (Å²) in [6, 6.07) is 4.97. The minimum Gasteiger partial charge on any atom is -0.461 e. The maximum Gasteiger partial charge on any atom is 0.395 e. The third-order valence-corrected chi connectivity index (χ3v) is 10.2. The number of halogens is 4. The van der Waals surface area contributed by atoms with E-state index in [0.717, 1.165) is 31.4 Å². The molecule has 0 saturated carbocycles. The topological polar surface area (TPSA) is 110 Å². The molecule has 3 saturated heterocycles. The number of rotatable bonds is 4. The Balaban J connectivity index is 1.29. The zero-order valence-electron chi connectivity index (χ0n) is 24.5. The lowest BCUT2D eigenvalue weighted by Crippen LogP contribution is -2.44. The number of fused-ring (bicyclic) bond motifs is 4. The van der Waals surface area contributed by atoms with E-state index in [0.29, 0.717) is 50.8 Å². The van der Waals surface area contributed by atoms with Gasteiger partial charge in [-0.15, -0.1) is 0 Å². The number of nitrogens with two attached hydrogens (primary N) is 1. The Morgan fingerprint density at radius 2 is 2.00 bits per heavy atom. The quantitative estimate of drug-likeness (QED) is 0.392. The summed E-state index contributed by atoms with van der Waals surface area (Å²) >= 11 is 0. The molecule has 4 aliphatic heterocycles. The molecular weight excluding hydrogens is 580 g/mol. The number of aromatic nitrogens is 2. The molecule has 1 aromatic heterocycles. The van der Waals surface area contributed by atoms with E-state index in [2.05, 4.69) is 15.9 Å². The first kappa shape index (κ1) is 29.5. The van der Waals surface area contributed by atoms with Crippen LogP contribution in [0, 0.1) is 11.3 Å². The Morgan fingerprint density at radius 3 is 2.82 bits per heavy atom. The van der Waals surface area contributed by atoms with Gasteiger partial charge >= 0.3 is 12.2 Å². The van der Waals surface area contributed by atoms with Crippen molar-refractivity contribution in [3.8, 4) is 12.1 Å². The molecule has 0 amide bonds. The zero-order chi connectivity index (χ0) is 30.7. The predicted octanol–water partition coefficient (Wildman–Crippen LogP) is 4.52. The number of nitriles is 1. The molecule has 4 atom stereocenters. The number of hydrogen-bond donors (Lipinski definition) is 1. The summed E-state index contributed by atoms with van der Waals surface area (Å²) in [5.74, 6) is -1.07. The van der Waals surface area contributed by atoms with E-state index in [-0.39, 0.29) is 60.9 Å². The average Bonchev–Trinajstić information content (AvgIpc) is 3.37. The summed E-state index contributed by atoms with van der Waals surface area (Å²) in [7, 11) is 0. The van der Waals surface area contributed by atoms with Crippen LogP contribution >= 0.6 is 0 Å². The lowest BCUT2D eigenvalue weighted by molar-refractivity contribution is -0.165. The van der Waals surface area contributed by atoms with Crippen molar-refractivity contribution in [1.29, 1.82) is 5.26 Å². The first-order chi connectivity index (χ1) is 21.1. The summed E-state index contributed by atoms with van der Waals surface area (Å²) in [6.07, 6.45) is -2.38. The number of hydrogen-bond acceptors (Lipinski definition) is 9. The van der Waals surface area contributed by atoms with Gasteiger partial charge < -0.3 is 24.8 Å². The van der Waals surface area contributed by atoms with Crippen LogP contribution in [0.25, 0.3) is 0 Å². The number of ether oxygens (including phenoxy) is 3. The number of nitrogen functional groups attached to an aromatic ring is 1. The molecule has 0 radical (unpaired) electrons. The molecule has 3 fully saturated rings. The summed E-state index contributed by atoms with van der Waals surface area (Å²) in [4.78, 5) is 13.9. The van der Waals surface area contributed by atoms with Crippen LogP contribution in [0.3, 0.4) is 0 Å². The summed E-state index contributed by atoms with van der Waals surface area (Å²) in [6.45, 7) is 3.98. The van der Waals surface area contributed by atoms with Gasteiger partial charge in [-0.2, -0.15) is 28.4 Å². The van der Waals surface area contributed by atoms with Gasteiger partial charge in [-0.1, -0.05) is 6.07 Å². The molecule has 5 heterocycles. The lowest BCUT2D eigenvalue weighted by atomic mass is 9.68. The Hall–Kier alpha value is -3.21. The maximum atomic E-state index is 14.4. The van der Waals surface area contributed by atoms with Crippen LogP contribution in [-0.4, -0.2) is 78.8 Å². The van der Waals surface area contributed by atoms with Gasteiger partial charge in [0.15, 0.2) is 0 Å². The molecule has 7 rings (SSSR count). The van der Waals surface area contributed by atoms with Crippen LogP contribution in [-0.2, 0) is 28.1 Å². The highest BCUT2D eigenvalue weighted by Crippen LogP contribution is 2.54. The lowest BCUT2D eigenvalue weighted by Gasteiger charge is -2.45. The highest BCUT2D eigenvalue weighted by Gasteiger charge is 2.53. The minimum absolute atomic E-state index is 0.0118. The second-order valence-corrected chi connectivity index (χ2v) is 12.8. The predicted molar refractivity (Wildman–Crippen MR) is 152 cm³/mol. The molecule has 2 aromatic rings. The van der Waals surface area contributed by atoms with Crippen LogP contribution in [0.15, 0.2) is 12.1 Å². The van der Waals surface area contributed by atoms with Gasteiger partial charge in [-0.3, -0.25) is 4.90 Å². The van der Waals surface area contributed by atoms with E-state index in [9.17, 15) is 22.8 Å². The molecule has 236 valence electrons. The zero-order valence-corrected chi connectivity index (χ0v) is 24.5. The van der Waals surface area contributed by atoms with Crippen LogP contribution in [0.5, 0.6) is 6.01 Å². The van der Waals surface area contributed by atoms with Crippen LogP contribution < -0.4 is 15.4 Å². The average molecular weight is 617 g/mol. The highest BCUT2D eigenvalue weighted by molar-refractivity contribution is 5.64. The monoisotopic (exact) mass is 616 g/mol. The fourth-order valence-electron chi connectivity index (χ4n) is 8.11. The molecule has 1 spiro atoms. The van der Waals surface area contributed by atoms with Gasteiger partial charge in [0.2, 0.25) is 0 Å². The van der Waals surface area contributed by atoms with Gasteiger partial charge in [0, 0.05) is 55.9 Å². The van der Waals surface area contributed by atoms with E-state index in [1.807, 2.05) is 0 Å². The van der Waals surface area contributed by atoms with E-state index < -0.39 is 29.4 Å². The molecule has 5 aliphatic rings. The second-order valence-electron chi connectivity index (χ2n) is 12.8. The van der Waals surface area contributed by atoms with Gasteiger partial charge in [0.05, 0.1) is 35.9 Å². The molecule has 2 unspecified atom stereocenters. The smallest absolute Gasteiger partial charge is 0.395 e. The van der Waals surface area contributed by atoms with Crippen LogP contribution in [0.2, 0.25) is 0 Å². The Labute approximate surface area is 253 Å². The normalized spacial score (nSPS) is 30.4. The van der Waals surface area contributed by atoms with Gasteiger partial charge in [-0.25, -0.2) is 4.39 Å². The van der Waals surface area contributed by atoms with E-state index >= 15 is 0 Å². The maximum absolute atomic E-state index is 14.4. The summed E-state index contributed by atoms with van der Waals surface area (Å²) in [5, 5.41) is 10.1. The van der Waals surface area contributed by atoms with Crippen molar-refractivity contribution in [2.45, 2.75) is 81.0 Å². The van der Waals surface area contributed by atoms with Crippen LogP contribution in [0.4, 0.5) is 29.1 Å². The number of alkyl halides is 4. The first-order valence-electron chi connectivity index (χ1n) is 15.4. The fourth-order valence-corrected chi connectivity index (χ4v) is 8.11. The van der Waals surface area contributed by atoms with Crippen molar-refractivity contribution in [2.24, 2.45) is 0 Å². The molecule has 1 aliphatic carbocycles. The van der Waals surface area contributed by atoms with Crippen molar-refractivity contribution in [2.75, 3.05) is 56.6 Å². The SMILES string of the molecule is N#Cc1c(N)ccc2c1[C@]1(CCC2C(F)(F)F)Cc2nc(OCC34CCCN3C[C@H](F)C4)nc(N3CCCOCC3)c2CO1. The van der Waals surface area contributed by atoms with Crippen molar-refractivity contribution in [1.82, 2.24) is 14.9 Å². The molecule has 44 heavy (non-hydrogen) atoms. The molecule has 0 bridgehead atoms. The van der Waals surface area contributed by atoms with Gasteiger partial charge in [0.25, 0.3) is 0 Å². The van der Waals surface area contributed by atoms with Crippen molar-refractivity contribution in [3.05, 3.63) is 40.1 Å². The van der Waals surface area contributed by atoms with Crippen molar-refractivity contribution < 1.29 is 31.8 Å². The molecule has 2 N–H and O–H groups in total. The van der Waals surface area contributed by atoms with E-state index in [4.69, 9.17) is 29.9 Å². The fraction of sp³-hybridized carbons (Fsp3) is 0.645. The minimum atomic E-state index is -4.48. The Kier molecular flexibility index (Phi) is 7.37. The Morgan fingerprint density at radius 1 is 1.14 bits per heavy atom. The summed E-state index contributed by atoms with van der Waals surface area (Å²) in [5.41, 5.74) is 6.24. The molecule has 9 nitrogen and oxygen atoms in total. The second kappa shape index (κ2) is 11.0. The first-order valence-corrected chi connectivity index (χ1v) is 15.4. The molecular formula is C31H36F4N6O3. The number of anilines is 2. The largest absolute Gasteiger partial charge is 0.461 e. The van der Waals surface area contributed by atoms with Crippen molar-refractivity contribution >= 4 is 11.5 Å². The highest BCUT2D eigenvalue weighted by atomic mass is 19.4. The van der Waals surface area contributed by atoms with E-state index in [1.165, 1.54) is 12.1 Å². The van der Waals surface area contributed by atoms with Crippen molar-refractivity contribution in [3.63, 3.8) is 0 Å².